The predicted molar refractivity (Wildman–Crippen MR) is 108 cm³/mol. The largest absolute Gasteiger partial charge is 0.255 e. The highest BCUT2D eigenvalue weighted by atomic mass is 19.1. The molecule has 0 N–H and O–H groups in total. The van der Waals surface area contributed by atoms with Crippen LogP contribution in [0.2, 0.25) is 0 Å². The molecule has 3 fully saturated rings. The van der Waals surface area contributed by atoms with E-state index in [1.165, 1.54) is 89.9 Å². The van der Waals surface area contributed by atoms with Crippen molar-refractivity contribution in [3.05, 3.63) is 0 Å². The maximum atomic E-state index is 9.50. The monoisotopic (exact) mass is 342 g/mol. The summed E-state index contributed by atoms with van der Waals surface area (Å²) in [5, 5.41) is 0. The van der Waals surface area contributed by atoms with Gasteiger partial charge in [0.2, 0.25) is 0 Å². The van der Waals surface area contributed by atoms with Crippen LogP contribution in [0.1, 0.15) is 118 Å². The molecule has 0 amide bonds. The van der Waals surface area contributed by atoms with Gasteiger partial charge in [-0.25, -0.2) is 0 Å². The van der Waals surface area contributed by atoms with Crippen LogP contribution in [0.25, 0.3) is 0 Å². The normalized spacial score (nSPS) is 28.2. The highest BCUT2D eigenvalue weighted by molar-refractivity contribution is 4.66. The maximum absolute atomic E-state index is 9.50. The fourth-order valence-corrected chi connectivity index (χ4v) is 4.35. The Morgan fingerprint density at radius 1 is 0.417 bits per heavy atom. The summed E-state index contributed by atoms with van der Waals surface area (Å²) >= 11 is 0. The lowest BCUT2D eigenvalue weighted by atomic mass is 9.84. The molecule has 3 saturated carbocycles. The molecule has 3 aliphatic carbocycles. The van der Waals surface area contributed by atoms with E-state index in [4.69, 9.17) is 0 Å². The van der Waals surface area contributed by atoms with Gasteiger partial charge in [0.25, 0.3) is 0 Å². The predicted octanol–water partition coefficient (Wildman–Crippen LogP) is 8.59. The second-order valence-electron chi connectivity index (χ2n) is 8.86. The van der Waals surface area contributed by atoms with Crippen molar-refractivity contribution in [3.8, 4) is 0 Å². The first kappa shape index (κ1) is 23.9. The molecule has 0 nitrogen and oxygen atoms in total. The topological polar surface area (TPSA) is 0 Å². The minimum atomic E-state index is 0.500. The number of halogens is 1. The lowest BCUT2D eigenvalue weighted by Crippen LogP contribution is -2.09. The third-order valence-corrected chi connectivity index (χ3v) is 5.99. The minimum absolute atomic E-state index is 0.500. The highest BCUT2D eigenvalue weighted by Gasteiger charge is 2.13. The summed E-state index contributed by atoms with van der Waals surface area (Å²) in [5.74, 6) is 4.10. The van der Waals surface area contributed by atoms with E-state index in [2.05, 4.69) is 27.7 Å². The first-order valence-electron chi connectivity index (χ1n) is 11.0. The van der Waals surface area contributed by atoms with Crippen molar-refractivity contribution in [2.45, 2.75) is 118 Å². The van der Waals surface area contributed by atoms with E-state index in [1.54, 1.807) is 0 Å². The van der Waals surface area contributed by atoms with Gasteiger partial charge in [-0.15, -0.1) is 0 Å². The molecular formula is C23H47F. The van der Waals surface area contributed by atoms with Gasteiger partial charge in [-0.3, -0.25) is 4.39 Å². The molecule has 0 aromatic heterocycles. The zero-order valence-electron chi connectivity index (χ0n) is 17.6. The smallest absolute Gasteiger partial charge is 0.0785 e. The number of rotatable bonds is 0. The average molecular weight is 343 g/mol. The van der Waals surface area contributed by atoms with Crippen molar-refractivity contribution in [2.24, 2.45) is 23.7 Å². The van der Waals surface area contributed by atoms with E-state index < -0.39 is 0 Å². The van der Waals surface area contributed by atoms with Crippen molar-refractivity contribution in [1.29, 1.82) is 0 Å². The van der Waals surface area contributed by atoms with Gasteiger partial charge >= 0.3 is 0 Å². The second kappa shape index (κ2) is 16.4. The number of hydrogen-bond donors (Lipinski definition) is 0. The Hall–Kier alpha value is -0.0700. The molecule has 24 heavy (non-hydrogen) atoms. The Balaban J connectivity index is 0.000000315. The molecule has 146 valence electrons. The molecular weight excluding hydrogens is 295 g/mol. The summed E-state index contributed by atoms with van der Waals surface area (Å²) < 4.78 is 9.50. The molecule has 0 radical (unpaired) electrons. The van der Waals surface area contributed by atoms with Gasteiger partial charge in [0.05, 0.1) is 7.18 Å². The Morgan fingerprint density at radius 3 is 0.875 bits per heavy atom. The van der Waals surface area contributed by atoms with Crippen LogP contribution >= 0.6 is 0 Å². The minimum Gasteiger partial charge on any atom is -0.255 e. The quantitative estimate of drug-likeness (QED) is 0.413. The van der Waals surface area contributed by atoms with Gasteiger partial charge in [0.15, 0.2) is 0 Å². The van der Waals surface area contributed by atoms with Crippen LogP contribution in [0, 0.1) is 23.7 Å². The van der Waals surface area contributed by atoms with Crippen molar-refractivity contribution < 1.29 is 4.39 Å². The third-order valence-electron chi connectivity index (χ3n) is 5.99. The van der Waals surface area contributed by atoms with E-state index in [0.29, 0.717) is 7.18 Å². The molecule has 0 aromatic rings. The molecule has 0 aromatic carbocycles. The lowest BCUT2D eigenvalue weighted by Gasteiger charge is -2.22. The van der Waals surface area contributed by atoms with Crippen molar-refractivity contribution in [2.75, 3.05) is 7.18 Å². The first-order valence-corrected chi connectivity index (χ1v) is 11.0. The van der Waals surface area contributed by atoms with Gasteiger partial charge in [-0.05, 0) is 30.1 Å². The van der Waals surface area contributed by atoms with Crippen LogP contribution in [-0.2, 0) is 0 Å². The van der Waals surface area contributed by atoms with Crippen molar-refractivity contribution >= 4 is 0 Å². The molecule has 3 rings (SSSR count). The third kappa shape index (κ3) is 14.3. The Bertz CT molecular complexity index is 214. The molecule has 0 saturated heterocycles. The molecule has 0 heterocycles. The summed E-state index contributed by atoms with van der Waals surface area (Å²) in [4.78, 5) is 0. The van der Waals surface area contributed by atoms with Crippen LogP contribution in [0.5, 0.6) is 0 Å². The van der Waals surface area contributed by atoms with E-state index in [9.17, 15) is 4.39 Å². The maximum Gasteiger partial charge on any atom is 0.0785 e. The van der Waals surface area contributed by atoms with Gasteiger partial charge in [0.1, 0.15) is 0 Å². The average Bonchev–Trinajstić information content (AvgIpc) is 2.59. The van der Waals surface area contributed by atoms with Gasteiger partial charge in [-0.2, -0.15) is 0 Å². The summed E-state index contributed by atoms with van der Waals surface area (Å²) in [7, 11) is 0.500. The molecule has 2 unspecified atom stereocenters. The Morgan fingerprint density at radius 2 is 0.708 bits per heavy atom. The van der Waals surface area contributed by atoms with Crippen LogP contribution in [0.15, 0.2) is 0 Å². The molecule has 2 atom stereocenters. The van der Waals surface area contributed by atoms with Crippen molar-refractivity contribution in [1.82, 2.24) is 0 Å². The van der Waals surface area contributed by atoms with E-state index in [-0.39, 0.29) is 0 Å². The number of hydrogen-bond acceptors (Lipinski definition) is 0. The molecule has 0 aliphatic heterocycles. The van der Waals surface area contributed by atoms with Crippen LogP contribution < -0.4 is 0 Å². The summed E-state index contributed by atoms with van der Waals surface area (Å²) in [6.45, 7) is 9.46. The second-order valence-corrected chi connectivity index (χ2v) is 8.86. The Labute approximate surface area is 153 Å². The van der Waals surface area contributed by atoms with E-state index >= 15 is 0 Å². The first-order chi connectivity index (χ1) is 11.6. The molecule has 0 spiro atoms. The molecule has 3 aliphatic rings. The Kier molecular flexibility index (Phi) is 16.4. The van der Waals surface area contributed by atoms with Gasteiger partial charge in [0, 0.05) is 0 Å². The number of alkyl halides is 1. The fourth-order valence-electron chi connectivity index (χ4n) is 4.35. The van der Waals surface area contributed by atoms with Crippen LogP contribution in [-0.4, -0.2) is 7.18 Å². The van der Waals surface area contributed by atoms with Crippen molar-refractivity contribution in [3.63, 3.8) is 0 Å². The van der Waals surface area contributed by atoms with E-state index in [1.807, 2.05) is 0 Å². The highest BCUT2D eigenvalue weighted by Crippen LogP contribution is 2.27. The van der Waals surface area contributed by atoms with Gasteiger partial charge < -0.3 is 0 Å². The summed E-state index contributed by atoms with van der Waals surface area (Å²) in [6, 6.07) is 0. The molecule has 1 heteroatoms. The SMILES string of the molecule is CC1CCCC(C)C1.CC1CCCCC1.CC1CCCCC1.CF. The zero-order chi connectivity index (χ0) is 18.2. The summed E-state index contributed by atoms with van der Waals surface area (Å²) in [6.07, 6.45) is 20.8. The van der Waals surface area contributed by atoms with E-state index in [0.717, 1.165) is 23.7 Å². The molecule has 0 bridgehead atoms. The van der Waals surface area contributed by atoms with Gasteiger partial charge in [-0.1, -0.05) is 111 Å². The fraction of sp³-hybridized carbons (Fsp3) is 1.00. The lowest BCUT2D eigenvalue weighted by molar-refractivity contribution is 0.301. The van der Waals surface area contributed by atoms with Crippen LogP contribution in [0.3, 0.4) is 0 Å². The summed E-state index contributed by atoms with van der Waals surface area (Å²) in [5.41, 5.74) is 0. The zero-order valence-corrected chi connectivity index (χ0v) is 17.6. The standard InChI is InChI=1S/C8H16.2C7H14.CH3F/c1-7-4-3-5-8(2)6-7;2*1-7-5-3-2-4-6-7;1-2/h7-8H,3-6H2,1-2H3;2*7H,2-6H2,1H3;1H3. The van der Waals surface area contributed by atoms with Crippen LogP contribution in [0.4, 0.5) is 4.39 Å².